The van der Waals surface area contributed by atoms with Crippen LogP contribution in [0, 0.1) is 11.3 Å². The number of hydrogen-bond acceptors (Lipinski definition) is 4. The first kappa shape index (κ1) is 12.3. The molecule has 0 heterocycles. The van der Waals surface area contributed by atoms with E-state index in [2.05, 4.69) is 6.07 Å². The SMILES string of the molecule is COCc1cc(OC)c(OC)cc1CC#N. The zero-order chi connectivity index (χ0) is 12.0. The molecule has 0 aromatic heterocycles. The van der Waals surface area contributed by atoms with Gasteiger partial charge in [0.05, 0.1) is 33.3 Å². The number of benzene rings is 1. The average molecular weight is 221 g/mol. The van der Waals surface area contributed by atoms with E-state index in [-0.39, 0.29) is 0 Å². The number of nitriles is 1. The Morgan fingerprint density at radius 1 is 1.06 bits per heavy atom. The van der Waals surface area contributed by atoms with Crippen LogP contribution in [0.5, 0.6) is 11.5 Å². The highest BCUT2D eigenvalue weighted by Crippen LogP contribution is 2.31. The number of rotatable bonds is 5. The van der Waals surface area contributed by atoms with Gasteiger partial charge < -0.3 is 14.2 Å². The van der Waals surface area contributed by atoms with Gasteiger partial charge in [0.15, 0.2) is 11.5 Å². The van der Waals surface area contributed by atoms with Crippen molar-refractivity contribution in [2.24, 2.45) is 0 Å². The normalized spacial score (nSPS) is 9.62. The third-order valence-corrected chi connectivity index (χ3v) is 2.28. The molecule has 4 heteroatoms. The van der Waals surface area contributed by atoms with Crippen molar-refractivity contribution in [3.05, 3.63) is 23.3 Å². The minimum absolute atomic E-state index is 0.332. The molecule has 4 nitrogen and oxygen atoms in total. The fourth-order valence-corrected chi connectivity index (χ4v) is 1.50. The first-order valence-electron chi connectivity index (χ1n) is 4.86. The predicted molar refractivity (Wildman–Crippen MR) is 59.6 cm³/mol. The van der Waals surface area contributed by atoms with Gasteiger partial charge in [0.25, 0.3) is 0 Å². The second-order valence-corrected chi connectivity index (χ2v) is 3.24. The number of methoxy groups -OCH3 is 3. The molecular formula is C12H15NO3. The molecule has 0 atom stereocenters. The third kappa shape index (κ3) is 2.65. The van der Waals surface area contributed by atoms with E-state index in [0.29, 0.717) is 24.5 Å². The predicted octanol–water partition coefficient (Wildman–Crippen LogP) is 1.92. The van der Waals surface area contributed by atoms with E-state index in [1.54, 1.807) is 21.3 Å². The van der Waals surface area contributed by atoms with Gasteiger partial charge in [-0.3, -0.25) is 0 Å². The van der Waals surface area contributed by atoms with Gasteiger partial charge >= 0.3 is 0 Å². The minimum Gasteiger partial charge on any atom is -0.493 e. The Balaban J connectivity index is 3.19. The van der Waals surface area contributed by atoms with Crippen LogP contribution in [0.15, 0.2) is 12.1 Å². The molecule has 1 aromatic rings. The molecule has 16 heavy (non-hydrogen) atoms. The van der Waals surface area contributed by atoms with Crippen LogP contribution in [0.4, 0.5) is 0 Å². The van der Waals surface area contributed by atoms with Crippen LogP contribution < -0.4 is 9.47 Å². The summed E-state index contributed by atoms with van der Waals surface area (Å²) in [5, 5.41) is 8.74. The molecule has 0 N–H and O–H groups in total. The molecule has 0 unspecified atom stereocenters. The number of hydrogen-bond donors (Lipinski definition) is 0. The molecule has 1 rings (SSSR count). The largest absolute Gasteiger partial charge is 0.493 e. The summed E-state index contributed by atoms with van der Waals surface area (Å²) in [5.41, 5.74) is 1.85. The third-order valence-electron chi connectivity index (χ3n) is 2.28. The van der Waals surface area contributed by atoms with Crippen molar-refractivity contribution in [1.82, 2.24) is 0 Å². The van der Waals surface area contributed by atoms with Gasteiger partial charge in [-0.15, -0.1) is 0 Å². The molecule has 1 aromatic carbocycles. The monoisotopic (exact) mass is 221 g/mol. The zero-order valence-electron chi connectivity index (χ0n) is 9.74. The van der Waals surface area contributed by atoms with Gasteiger partial charge in [0, 0.05) is 7.11 Å². The summed E-state index contributed by atoms with van der Waals surface area (Å²) in [6.07, 6.45) is 0.332. The quantitative estimate of drug-likeness (QED) is 0.762. The maximum atomic E-state index is 8.74. The van der Waals surface area contributed by atoms with Crippen molar-refractivity contribution < 1.29 is 14.2 Å². The summed E-state index contributed by atoms with van der Waals surface area (Å²) >= 11 is 0. The van der Waals surface area contributed by atoms with Crippen LogP contribution in [0.25, 0.3) is 0 Å². The lowest BCUT2D eigenvalue weighted by Crippen LogP contribution is -1.99. The first-order chi connectivity index (χ1) is 7.76. The fourth-order valence-electron chi connectivity index (χ4n) is 1.50. The van der Waals surface area contributed by atoms with Crippen LogP contribution in [-0.4, -0.2) is 21.3 Å². The van der Waals surface area contributed by atoms with Gasteiger partial charge in [-0.25, -0.2) is 0 Å². The topological polar surface area (TPSA) is 51.5 Å². The van der Waals surface area contributed by atoms with Gasteiger partial charge in [-0.1, -0.05) is 0 Å². The number of nitrogens with zero attached hydrogens (tertiary/aromatic N) is 1. The highest BCUT2D eigenvalue weighted by Gasteiger charge is 2.10. The minimum atomic E-state index is 0.332. The van der Waals surface area contributed by atoms with Crippen molar-refractivity contribution in [1.29, 1.82) is 5.26 Å². The van der Waals surface area contributed by atoms with Gasteiger partial charge in [0.2, 0.25) is 0 Å². The lowest BCUT2D eigenvalue weighted by Gasteiger charge is -2.12. The molecule has 0 amide bonds. The Hall–Kier alpha value is -1.73. The smallest absolute Gasteiger partial charge is 0.161 e. The molecule has 0 aliphatic rings. The van der Waals surface area contributed by atoms with Crippen LogP contribution in [0.2, 0.25) is 0 Å². The van der Waals surface area contributed by atoms with Crippen molar-refractivity contribution >= 4 is 0 Å². The van der Waals surface area contributed by atoms with Gasteiger partial charge in [-0.2, -0.15) is 5.26 Å². The highest BCUT2D eigenvalue weighted by atomic mass is 16.5. The molecule has 0 aliphatic carbocycles. The second kappa shape index (κ2) is 5.99. The van der Waals surface area contributed by atoms with Gasteiger partial charge in [-0.05, 0) is 23.3 Å². The van der Waals surface area contributed by atoms with E-state index >= 15 is 0 Å². The summed E-state index contributed by atoms with van der Waals surface area (Å²) in [6.45, 7) is 0.456. The molecule has 0 saturated heterocycles. The second-order valence-electron chi connectivity index (χ2n) is 3.24. The number of ether oxygens (including phenoxy) is 3. The standard InChI is InChI=1S/C12H15NO3/c1-14-8-10-7-12(16-3)11(15-2)6-9(10)4-5-13/h6-7H,4,8H2,1-3H3. The summed E-state index contributed by atoms with van der Waals surface area (Å²) in [6, 6.07) is 5.78. The van der Waals surface area contributed by atoms with Crippen molar-refractivity contribution in [3.63, 3.8) is 0 Å². The summed E-state index contributed by atoms with van der Waals surface area (Å²) in [5.74, 6) is 1.28. The Labute approximate surface area is 95.4 Å². The molecule has 0 bridgehead atoms. The summed E-state index contributed by atoms with van der Waals surface area (Å²) < 4.78 is 15.5. The van der Waals surface area contributed by atoms with Crippen LogP contribution in [0.1, 0.15) is 11.1 Å². The molecule has 0 spiro atoms. The Bertz CT molecular complexity index is 396. The van der Waals surface area contributed by atoms with E-state index in [9.17, 15) is 0 Å². The molecule has 0 radical (unpaired) electrons. The van der Waals surface area contributed by atoms with E-state index in [0.717, 1.165) is 11.1 Å². The lowest BCUT2D eigenvalue weighted by molar-refractivity contribution is 0.184. The molecule has 0 aliphatic heterocycles. The van der Waals surface area contributed by atoms with E-state index < -0.39 is 0 Å². The summed E-state index contributed by atoms with van der Waals surface area (Å²) in [4.78, 5) is 0. The molecule has 0 fully saturated rings. The Morgan fingerprint density at radius 3 is 2.06 bits per heavy atom. The molecule has 0 saturated carbocycles. The fraction of sp³-hybridized carbons (Fsp3) is 0.417. The van der Waals surface area contributed by atoms with Crippen LogP contribution >= 0.6 is 0 Å². The van der Waals surface area contributed by atoms with Crippen molar-refractivity contribution in [3.8, 4) is 17.6 Å². The van der Waals surface area contributed by atoms with E-state index in [4.69, 9.17) is 19.5 Å². The van der Waals surface area contributed by atoms with Crippen LogP contribution in [-0.2, 0) is 17.8 Å². The average Bonchev–Trinajstić information content (AvgIpc) is 2.31. The molecular weight excluding hydrogens is 206 g/mol. The Morgan fingerprint density at radius 2 is 1.62 bits per heavy atom. The Kier molecular flexibility index (Phi) is 4.62. The highest BCUT2D eigenvalue weighted by molar-refractivity contribution is 5.48. The molecule has 86 valence electrons. The maximum Gasteiger partial charge on any atom is 0.161 e. The van der Waals surface area contributed by atoms with E-state index in [1.165, 1.54) is 0 Å². The van der Waals surface area contributed by atoms with Crippen molar-refractivity contribution in [2.45, 2.75) is 13.0 Å². The summed E-state index contributed by atoms with van der Waals surface area (Å²) in [7, 11) is 4.77. The van der Waals surface area contributed by atoms with E-state index in [1.807, 2.05) is 12.1 Å². The maximum absolute atomic E-state index is 8.74. The first-order valence-corrected chi connectivity index (χ1v) is 4.86. The zero-order valence-corrected chi connectivity index (χ0v) is 9.74. The van der Waals surface area contributed by atoms with Crippen LogP contribution in [0.3, 0.4) is 0 Å². The lowest BCUT2D eigenvalue weighted by atomic mass is 10.0. The van der Waals surface area contributed by atoms with Crippen molar-refractivity contribution in [2.75, 3.05) is 21.3 Å². The van der Waals surface area contributed by atoms with Gasteiger partial charge in [0.1, 0.15) is 0 Å².